The molecule has 0 unspecified atom stereocenters. The minimum absolute atomic E-state index is 0.0780. The molecule has 0 aliphatic heterocycles. The van der Waals surface area contributed by atoms with Gasteiger partial charge in [0.1, 0.15) is 22.3 Å². The van der Waals surface area contributed by atoms with Crippen LogP contribution in [0.15, 0.2) is 28.1 Å². The third kappa shape index (κ3) is 3.92. The quantitative estimate of drug-likeness (QED) is 0.530. The maximum atomic E-state index is 13.7. The van der Waals surface area contributed by atoms with Crippen LogP contribution in [-0.2, 0) is 11.2 Å². The van der Waals surface area contributed by atoms with Crippen LogP contribution < -0.4 is 11.0 Å². The first kappa shape index (κ1) is 18.8. The number of benzene rings is 1. The van der Waals surface area contributed by atoms with Crippen LogP contribution in [0.2, 0.25) is 0 Å². The van der Waals surface area contributed by atoms with Gasteiger partial charge in [0.25, 0.3) is 5.56 Å². The summed E-state index contributed by atoms with van der Waals surface area (Å²) < 4.78 is 26.7. The fourth-order valence-corrected chi connectivity index (χ4v) is 3.61. The molecule has 3 aromatic rings. The van der Waals surface area contributed by atoms with Gasteiger partial charge in [-0.15, -0.1) is 11.3 Å². The average molecular weight is 390 g/mol. The number of aromatic nitrogens is 2. The number of aryl methyl sites for hydroxylation is 2. The van der Waals surface area contributed by atoms with Gasteiger partial charge in [-0.2, -0.15) is 5.10 Å². The van der Waals surface area contributed by atoms with E-state index in [2.05, 4.69) is 20.5 Å². The molecule has 0 saturated carbocycles. The Labute approximate surface area is 157 Å². The first-order chi connectivity index (χ1) is 12.8. The number of hydrazone groups is 1. The molecule has 9 heteroatoms. The van der Waals surface area contributed by atoms with E-state index in [0.717, 1.165) is 22.6 Å². The van der Waals surface area contributed by atoms with Crippen LogP contribution in [0.4, 0.5) is 8.78 Å². The van der Waals surface area contributed by atoms with Crippen molar-refractivity contribution < 1.29 is 13.6 Å². The molecule has 0 aliphatic rings. The highest BCUT2D eigenvalue weighted by Gasteiger charge is 2.14. The minimum atomic E-state index is -0.773. The highest BCUT2D eigenvalue weighted by molar-refractivity contribution is 7.18. The van der Waals surface area contributed by atoms with Crippen molar-refractivity contribution in [2.75, 3.05) is 0 Å². The largest absolute Gasteiger partial charge is 0.309 e. The molecule has 0 fully saturated rings. The third-order valence-corrected chi connectivity index (χ3v) is 5.19. The van der Waals surface area contributed by atoms with Crippen molar-refractivity contribution >= 4 is 33.2 Å². The average Bonchev–Trinajstić information content (AvgIpc) is 2.87. The Hall–Kier alpha value is -2.94. The molecule has 0 radical (unpaired) electrons. The number of hydrogen-bond acceptors (Lipinski definition) is 5. The van der Waals surface area contributed by atoms with Crippen molar-refractivity contribution in [3.63, 3.8) is 0 Å². The van der Waals surface area contributed by atoms with Crippen LogP contribution in [-0.4, -0.2) is 21.6 Å². The fraction of sp³-hybridized carbons (Fsp3) is 0.222. The molecule has 2 N–H and O–H groups in total. The number of nitrogens with zero attached hydrogens (tertiary/aromatic N) is 2. The zero-order chi connectivity index (χ0) is 19.7. The van der Waals surface area contributed by atoms with E-state index < -0.39 is 17.5 Å². The zero-order valence-electron chi connectivity index (χ0n) is 14.8. The number of rotatable bonds is 4. The van der Waals surface area contributed by atoms with E-state index in [4.69, 9.17) is 0 Å². The van der Waals surface area contributed by atoms with Gasteiger partial charge in [0.05, 0.1) is 17.5 Å². The van der Waals surface area contributed by atoms with Crippen molar-refractivity contribution in [1.82, 2.24) is 15.4 Å². The van der Waals surface area contributed by atoms with Gasteiger partial charge in [-0.05, 0) is 38.5 Å². The third-order valence-electron chi connectivity index (χ3n) is 4.09. The molecule has 2 heterocycles. The lowest BCUT2D eigenvalue weighted by Crippen LogP contribution is -2.24. The number of fused-ring (bicyclic) bond motifs is 1. The number of amides is 1. The Bertz CT molecular complexity index is 1130. The molecule has 0 saturated heterocycles. The van der Waals surface area contributed by atoms with Gasteiger partial charge in [0, 0.05) is 16.5 Å². The summed E-state index contributed by atoms with van der Waals surface area (Å²) in [5, 5.41) is 4.35. The normalized spacial score (nSPS) is 11.8. The van der Waals surface area contributed by atoms with Crippen molar-refractivity contribution in [3.05, 3.63) is 62.0 Å². The molecule has 0 aliphatic carbocycles. The molecule has 140 valence electrons. The molecular weight excluding hydrogens is 374 g/mol. The lowest BCUT2D eigenvalue weighted by molar-refractivity contribution is -0.120. The Kier molecular flexibility index (Phi) is 5.13. The maximum Gasteiger partial charge on any atom is 0.259 e. The van der Waals surface area contributed by atoms with Crippen LogP contribution in [0.25, 0.3) is 10.2 Å². The van der Waals surface area contributed by atoms with Crippen molar-refractivity contribution in [2.24, 2.45) is 5.10 Å². The van der Waals surface area contributed by atoms with Crippen LogP contribution in [0, 0.1) is 25.5 Å². The van der Waals surface area contributed by atoms with E-state index in [1.54, 1.807) is 0 Å². The molecule has 1 amide bonds. The van der Waals surface area contributed by atoms with Crippen molar-refractivity contribution in [3.8, 4) is 0 Å². The van der Waals surface area contributed by atoms with Crippen LogP contribution in [0.1, 0.15) is 28.8 Å². The molecule has 0 spiro atoms. The topological polar surface area (TPSA) is 87.2 Å². The summed E-state index contributed by atoms with van der Waals surface area (Å²) >= 11 is 1.39. The second kappa shape index (κ2) is 7.36. The molecule has 0 bridgehead atoms. The van der Waals surface area contributed by atoms with Gasteiger partial charge in [0.2, 0.25) is 5.91 Å². The number of thiophene rings is 1. The fourth-order valence-electron chi connectivity index (χ4n) is 2.56. The second-order valence-electron chi connectivity index (χ2n) is 6.01. The Balaban J connectivity index is 1.76. The molecular formula is C18H16F2N4O2S. The smallest absolute Gasteiger partial charge is 0.259 e. The first-order valence-electron chi connectivity index (χ1n) is 8.03. The number of halogens is 2. The molecule has 6 nitrogen and oxygen atoms in total. The van der Waals surface area contributed by atoms with E-state index in [0.29, 0.717) is 10.2 Å². The molecule has 3 rings (SSSR count). The summed E-state index contributed by atoms with van der Waals surface area (Å²) in [6, 6.07) is 3.09. The maximum absolute atomic E-state index is 13.7. The summed E-state index contributed by atoms with van der Waals surface area (Å²) in [4.78, 5) is 32.8. The SMILES string of the molecule is C/C(=N/NC(=O)Cc1nc2sc(C)c(C)c2c(=O)[nH]1)c1ccc(F)cc1F. The van der Waals surface area contributed by atoms with Gasteiger partial charge in [0.15, 0.2) is 0 Å². The Morgan fingerprint density at radius 2 is 2.07 bits per heavy atom. The Morgan fingerprint density at radius 3 is 2.78 bits per heavy atom. The zero-order valence-corrected chi connectivity index (χ0v) is 15.6. The lowest BCUT2D eigenvalue weighted by atomic mass is 10.1. The summed E-state index contributed by atoms with van der Waals surface area (Å²) in [7, 11) is 0. The highest BCUT2D eigenvalue weighted by Crippen LogP contribution is 2.25. The summed E-state index contributed by atoms with van der Waals surface area (Å²) in [6.45, 7) is 5.24. The summed E-state index contributed by atoms with van der Waals surface area (Å²) in [6.07, 6.45) is -0.191. The van der Waals surface area contributed by atoms with Crippen LogP contribution in [0.3, 0.4) is 0 Å². The molecule has 0 atom stereocenters. The molecule has 1 aromatic carbocycles. The van der Waals surface area contributed by atoms with Gasteiger partial charge in [-0.1, -0.05) is 0 Å². The van der Waals surface area contributed by atoms with Crippen molar-refractivity contribution in [1.29, 1.82) is 0 Å². The van der Waals surface area contributed by atoms with E-state index in [-0.39, 0.29) is 29.1 Å². The van der Waals surface area contributed by atoms with E-state index in [1.165, 1.54) is 24.3 Å². The van der Waals surface area contributed by atoms with Crippen LogP contribution >= 0.6 is 11.3 Å². The molecule has 27 heavy (non-hydrogen) atoms. The summed E-state index contributed by atoms with van der Waals surface area (Å²) in [5.41, 5.74) is 3.13. The first-order valence-corrected chi connectivity index (χ1v) is 8.85. The number of carbonyl (C=O) groups is 1. The predicted octanol–water partition coefficient (Wildman–Crippen LogP) is 2.96. The second-order valence-corrected chi connectivity index (χ2v) is 7.21. The van der Waals surface area contributed by atoms with E-state index in [1.807, 2.05) is 13.8 Å². The van der Waals surface area contributed by atoms with Crippen LogP contribution in [0.5, 0.6) is 0 Å². The van der Waals surface area contributed by atoms with Gasteiger partial charge < -0.3 is 4.98 Å². The van der Waals surface area contributed by atoms with Gasteiger partial charge >= 0.3 is 0 Å². The number of nitrogens with one attached hydrogen (secondary N) is 2. The highest BCUT2D eigenvalue weighted by atomic mass is 32.1. The summed E-state index contributed by atoms with van der Waals surface area (Å²) in [5.74, 6) is -1.78. The molecule has 2 aromatic heterocycles. The Morgan fingerprint density at radius 1 is 1.33 bits per heavy atom. The minimum Gasteiger partial charge on any atom is -0.309 e. The number of hydrogen-bond donors (Lipinski definition) is 2. The number of H-pyrrole nitrogens is 1. The lowest BCUT2D eigenvalue weighted by Gasteiger charge is -2.04. The van der Waals surface area contributed by atoms with Gasteiger partial charge in [-0.25, -0.2) is 19.2 Å². The van der Waals surface area contributed by atoms with E-state index in [9.17, 15) is 18.4 Å². The monoisotopic (exact) mass is 390 g/mol. The van der Waals surface area contributed by atoms with Crippen molar-refractivity contribution in [2.45, 2.75) is 27.2 Å². The number of carbonyl (C=O) groups excluding carboxylic acids is 1. The predicted molar refractivity (Wildman–Crippen MR) is 100 cm³/mol. The standard InChI is InChI=1S/C18H16F2N4O2S/c1-8-10(3)27-18-16(8)17(26)21-14(22-18)7-15(25)24-23-9(2)12-5-4-11(19)6-13(12)20/h4-6H,7H2,1-3H3,(H,24,25)(H,21,22,26)/b23-9-. The van der Waals surface area contributed by atoms with Gasteiger partial charge in [-0.3, -0.25) is 9.59 Å². The van der Waals surface area contributed by atoms with E-state index >= 15 is 0 Å². The number of aromatic amines is 1.